The summed E-state index contributed by atoms with van der Waals surface area (Å²) < 4.78 is 28.6. The number of amides is 1. The molecule has 1 fully saturated rings. The Balaban J connectivity index is 1.56. The van der Waals surface area contributed by atoms with E-state index in [4.69, 9.17) is 0 Å². The predicted molar refractivity (Wildman–Crippen MR) is 101 cm³/mol. The zero-order valence-corrected chi connectivity index (χ0v) is 15.3. The van der Waals surface area contributed by atoms with Crippen LogP contribution in [0, 0.1) is 0 Å². The van der Waals surface area contributed by atoms with Crippen LogP contribution in [0.4, 0.5) is 14.5 Å². The zero-order valence-electron chi connectivity index (χ0n) is 15.3. The number of benzene rings is 2. The molecule has 1 aliphatic rings. The molecule has 0 unspecified atom stereocenters. The Bertz CT molecular complexity index is 748. The van der Waals surface area contributed by atoms with Gasteiger partial charge in [-0.1, -0.05) is 18.6 Å². The Hall–Kier alpha value is -2.47. The molecule has 4 nitrogen and oxygen atoms in total. The Morgan fingerprint density at radius 1 is 1.15 bits per heavy atom. The van der Waals surface area contributed by atoms with Crippen molar-refractivity contribution in [3.05, 3.63) is 59.7 Å². The van der Waals surface area contributed by atoms with Crippen molar-refractivity contribution in [2.75, 3.05) is 11.9 Å². The van der Waals surface area contributed by atoms with Gasteiger partial charge in [-0.05, 0) is 68.3 Å². The second-order valence-corrected chi connectivity index (χ2v) is 6.87. The molecule has 3 rings (SSSR count). The summed E-state index contributed by atoms with van der Waals surface area (Å²) in [5.41, 5.74) is 2.29. The second kappa shape index (κ2) is 8.95. The number of rotatable bonds is 6. The smallest absolute Gasteiger partial charge is 0.387 e. The van der Waals surface area contributed by atoms with E-state index in [0.717, 1.165) is 13.1 Å². The second-order valence-electron chi connectivity index (χ2n) is 6.87. The molecule has 2 aromatic rings. The van der Waals surface area contributed by atoms with Crippen LogP contribution in [0.5, 0.6) is 5.75 Å². The molecule has 0 spiro atoms. The maximum Gasteiger partial charge on any atom is 0.387 e. The first-order valence-electron chi connectivity index (χ1n) is 9.20. The summed E-state index contributed by atoms with van der Waals surface area (Å²) in [5.74, 6) is -0.270. The number of likely N-dealkylation sites (tertiary alicyclic amines) is 1. The highest BCUT2D eigenvalue weighted by molar-refractivity contribution is 6.04. The topological polar surface area (TPSA) is 41.6 Å². The molecule has 1 amide bonds. The highest BCUT2D eigenvalue weighted by Gasteiger charge is 2.18. The first-order valence-corrected chi connectivity index (χ1v) is 9.20. The van der Waals surface area contributed by atoms with Crippen LogP contribution in [0.2, 0.25) is 0 Å². The quantitative estimate of drug-likeness (QED) is 0.781. The lowest BCUT2D eigenvalue weighted by Gasteiger charge is -2.33. The summed E-state index contributed by atoms with van der Waals surface area (Å²) in [7, 11) is 0. The summed E-state index contributed by atoms with van der Waals surface area (Å²) in [4.78, 5) is 14.8. The minimum atomic E-state index is -2.88. The van der Waals surface area contributed by atoms with Crippen LogP contribution in [0.25, 0.3) is 0 Å². The molecule has 1 atom stereocenters. The third-order valence-electron chi connectivity index (χ3n) is 4.88. The molecule has 1 N–H and O–H groups in total. The summed E-state index contributed by atoms with van der Waals surface area (Å²) >= 11 is 0. The van der Waals surface area contributed by atoms with E-state index < -0.39 is 6.61 Å². The summed E-state index contributed by atoms with van der Waals surface area (Å²) in [5, 5.41) is 2.82. The number of hydrogen-bond donors (Lipinski definition) is 1. The van der Waals surface area contributed by atoms with Crippen molar-refractivity contribution in [1.29, 1.82) is 0 Å². The van der Waals surface area contributed by atoms with Gasteiger partial charge in [-0.3, -0.25) is 9.69 Å². The first-order chi connectivity index (χ1) is 13.0. The number of carbonyl (C=O) groups excluding carboxylic acids is 1. The lowest BCUT2D eigenvalue weighted by molar-refractivity contribution is -0.0498. The summed E-state index contributed by atoms with van der Waals surface area (Å²) in [6.45, 7) is 1.44. The van der Waals surface area contributed by atoms with Gasteiger partial charge in [0.05, 0.1) is 0 Å². The van der Waals surface area contributed by atoms with E-state index in [2.05, 4.69) is 21.9 Å². The van der Waals surface area contributed by atoms with E-state index in [1.807, 2.05) is 24.3 Å². The van der Waals surface area contributed by atoms with Crippen LogP contribution < -0.4 is 10.1 Å². The number of anilines is 1. The molecule has 0 bridgehead atoms. The van der Waals surface area contributed by atoms with Gasteiger partial charge >= 0.3 is 6.61 Å². The average molecular weight is 374 g/mol. The van der Waals surface area contributed by atoms with Crippen LogP contribution in [0.1, 0.15) is 42.1 Å². The number of halogens is 2. The molecule has 2 aromatic carbocycles. The van der Waals surface area contributed by atoms with Gasteiger partial charge in [-0.15, -0.1) is 0 Å². The van der Waals surface area contributed by atoms with E-state index in [-0.39, 0.29) is 11.7 Å². The van der Waals surface area contributed by atoms with Gasteiger partial charge in [0.15, 0.2) is 0 Å². The molecule has 0 aliphatic carbocycles. The number of nitrogens with zero attached hydrogens (tertiary/aromatic N) is 1. The van der Waals surface area contributed by atoms with Crippen molar-refractivity contribution in [1.82, 2.24) is 4.90 Å². The monoisotopic (exact) mass is 374 g/mol. The van der Waals surface area contributed by atoms with Crippen LogP contribution in [0.15, 0.2) is 48.5 Å². The van der Waals surface area contributed by atoms with E-state index in [0.29, 0.717) is 17.3 Å². The van der Waals surface area contributed by atoms with Crippen molar-refractivity contribution in [3.63, 3.8) is 0 Å². The van der Waals surface area contributed by atoms with Crippen LogP contribution >= 0.6 is 0 Å². The van der Waals surface area contributed by atoms with Gasteiger partial charge in [0.1, 0.15) is 5.75 Å². The molecule has 1 aliphatic heterocycles. The fourth-order valence-corrected chi connectivity index (χ4v) is 3.31. The van der Waals surface area contributed by atoms with E-state index in [9.17, 15) is 13.6 Å². The predicted octanol–water partition coefficient (Wildman–Crippen LogP) is 4.91. The van der Waals surface area contributed by atoms with Gasteiger partial charge in [0.2, 0.25) is 0 Å². The van der Waals surface area contributed by atoms with E-state index in [1.54, 1.807) is 0 Å². The third-order valence-corrected chi connectivity index (χ3v) is 4.88. The Labute approximate surface area is 158 Å². The average Bonchev–Trinajstić information content (AvgIpc) is 2.65. The van der Waals surface area contributed by atoms with E-state index >= 15 is 0 Å². The molecule has 1 saturated heterocycles. The first kappa shape index (κ1) is 19.3. The van der Waals surface area contributed by atoms with Crippen molar-refractivity contribution in [2.24, 2.45) is 0 Å². The number of hydrogen-bond acceptors (Lipinski definition) is 3. The standard InChI is InChI=1S/C21H24F2N2O2/c1-15-4-2-3-13-25(15)14-16-5-9-18(10-6-16)24-20(26)17-7-11-19(12-8-17)27-21(22)23/h5-12,15,21H,2-4,13-14H2,1H3,(H,24,26)/t15-/m0/s1. The largest absolute Gasteiger partial charge is 0.435 e. The number of ether oxygens (including phenoxy) is 1. The van der Waals surface area contributed by atoms with Crippen LogP contribution in [-0.2, 0) is 6.54 Å². The SMILES string of the molecule is C[C@H]1CCCCN1Cc1ccc(NC(=O)c2ccc(OC(F)F)cc2)cc1. The number of carbonyl (C=O) groups is 1. The highest BCUT2D eigenvalue weighted by Crippen LogP contribution is 2.20. The maximum atomic E-state index is 12.3. The lowest BCUT2D eigenvalue weighted by atomic mass is 10.0. The minimum Gasteiger partial charge on any atom is -0.435 e. The van der Waals surface area contributed by atoms with Crippen LogP contribution in [0.3, 0.4) is 0 Å². The molecular weight excluding hydrogens is 350 g/mol. The number of alkyl halides is 2. The number of piperidine rings is 1. The Morgan fingerprint density at radius 3 is 2.48 bits per heavy atom. The Kier molecular flexibility index (Phi) is 6.40. The number of nitrogens with one attached hydrogen (secondary N) is 1. The Morgan fingerprint density at radius 2 is 1.85 bits per heavy atom. The zero-order chi connectivity index (χ0) is 19.2. The van der Waals surface area contributed by atoms with Gasteiger partial charge in [-0.2, -0.15) is 8.78 Å². The molecule has 0 aromatic heterocycles. The maximum absolute atomic E-state index is 12.3. The van der Waals surface area contributed by atoms with Crippen molar-refractivity contribution in [3.8, 4) is 5.75 Å². The van der Waals surface area contributed by atoms with Gasteiger partial charge < -0.3 is 10.1 Å². The fourth-order valence-electron chi connectivity index (χ4n) is 3.31. The van der Waals surface area contributed by atoms with Gasteiger partial charge in [0.25, 0.3) is 5.91 Å². The highest BCUT2D eigenvalue weighted by atomic mass is 19.3. The summed E-state index contributed by atoms with van der Waals surface area (Å²) in [6.07, 6.45) is 3.80. The molecule has 6 heteroatoms. The lowest BCUT2D eigenvalue weighted by Crippen LogP contribution is -2.36. The summed E-state index contributed by atoms with van der Waals surface area (Å²) in [6, 6.07) is 14.0. The molecule has 27 heavy (non-hydrogen) atoms. The molecular formula is C21H24F2N2O2. The fraction of sp³-hybridized carbons (Fsp3) is 0.381. The normalized spacial score (nSPS) is 17.7. The molecule has 0 radical (unpaired) electrons. The minimum absolute atomic E-state index is 0.0258. The van der Waals surface area contributed by atoms with E-state index in [1.165, 1.54) is 49.1 Å². The van der Waals surface area contributed by atoms with Crippen molar-refractivity contribution in [2.45, 2.75) is 45.4 Å². The van der Waals surface area contributed by atoms with Crippen molar-refractivity contribution < 1.29 is 18.3 Å². The third kappa shape index (κ3) is 5.50. The molecule has 1 heterocycles. The van der Waals surface area contributed by atoms with Gasteiger partial charge in [0, 0.05) is 23.8 Å². The molecule has 144 valence electrons. The van der Waals surface area contributed by atoms with Gasteiger partial charge in [-0.25, -0.2) is 0 Å². The van der Waals surface area contributed by atoms with Crippen LogP contribution in [-0.4, -0.2) is 30.0 Å². The molecule has 0 saturated carbocycles. The van der Waals surface area contributed by atoms with Crippen molar-refractivity contribution >= 4 is 11.6 Å².